The van der Waals surface area contributed by atoms with Gasteiger partial charge in [-0.3, -0.25) is 10.1 Å². The van der Waals surface area contributed by atoms with Gasteiger partial charge in [-0.2, -0.15) is 0 Å². The van der Waals surface area contributed by atoms with E-state index in [0.29, 0.717) is 0 Å². The number of rotatable bonds is 5. The zero-order chi connectivity index (χ0) is 15.6. The van der Waals surface area contributed by atoms with Crippen molar-refractivity contribution in [2.75, 3.05) is 6.61 Å². The van der Waals surface area contributed by atoms with Gasteiger partial charge in [-0.05, 0) is 12.1 Å². The van der Waals surface area contributed by atoms with E-state index in [0.717, 1.165) is 0 Å². The number of ether oxygens (including phenoxy) is 2. The second kappa shape index (κ2) is 6.33. The van der Waals surface area contributed by atoms with Crippen LogP contribution in [0, 0.1) is 10.1 Å². The van der Waals surface area contributed by atoms with Crippen LogP contribution in [0.15, 0.2) is 24.3 Å². The molecule has 1 fully saturated rings. The van der Waals surface area contributed by atoms with Crippen LogP contribution >= 0.6 is 0 Å². The van der Waals surface area contributed by atoms with E-state index in [4.69, 9.17) is 14.6 Å². The molecule has 116 valence electrons. The fourth-order valence-corrected chi connectivity index (χ4v) is 1.97. The molecular formula is C12H15NO8. The standard InChI is InChI=1S/C12H15NO8/c14-5-8(15)11-9(16)10(17)12(21-11)20-7-3-1-6(2-4-7)13(18)19/h1-4,8-12,14-17H,5H2/t8-,9-,10-,11+,12+/m1/s1. The van der Waals surface area contributed by atoms with Crippen molar-refractivity contribution in [3.63, 3.8) is 0 Å². The van der Waals surface area contributed by atoms with Gasteiger partial charge in [0, 0.05) is 12.1 Å². The Bertz CT molecular complexity index is 493. The Morgan fingerprint density at radius 1 is 1.29 bits per heavy atom. The summed E-state index contributed by atoms with van der Waals surface area (Å²) in [5.74, 6) is 0.191. The maximum atomic E-state index is 10.5. The van der Waals surface area contributed by atoms with Gasteiger partial charge < -0.3 is 29.9 Å². The van der Waals surface area contributed by atoms with Gasteiger partial charge in [0.1, 0.15) is 30.2 Å². The molecule has 0 unspecified atom stereocenters. The second-order valence-corrected chi connectivity index (χ2v) is 4.57. The van der Waals surface area contributed by atoms with Gasteiger partial charge in [0.25, 0.3) is 5.69 Å². The molecule has 0 aliphatic carbocycles. The molecule has 1 heterocycles. The summed E-state index contributed by atoms with van der Waals surface area (Å²) in [5.41, 5.74) is -0.121. The molecule has 1 aliphatic rings. The summed E-state index contributed by atoms with van der Waals surface area (Å²) in [4.78, 5) is 9.95. The van der Waals surface area contributed by atoms with Crippen LogP contribution in [0.5, 0.6) is 5.75 Å². The first-order chi connectivity index (χ1) is 9.93. The summed E-state index contributed by atoms with van der Waals surface area (Å²) >= 11 is 0. The number of benzene rings is 1. The summed E-state index contributed by atoms with van der Waals surface area (Å²) in [6, 6.07) is 5.06. The summed E-state index contributed by atoms with van der Waals surface area (Å²) in [6.07, 6.45) is -6.65. The van der Waals surface area contributed by atoms with E-state index >= 15 is 0 Å². The minimum Gasteiger partial charge on any atom is -0.462 e. The van der Waals surface area contributed by atoms with Crippen LogP contribution in [-0.4, -0.2) is 62.7 Å². The molecule has 9 heteroatoms. The Labute approximate surface area is 119 Å². The molecule has 4 N–H and O–H groups in total. The largest absolute Gasteiger partial charge is 0.462 e. The third-order valence-corrected chi connectivity index (χ3v) is 3.12. The maximum Gasteiger partial charge on any atom is 0.269 e. The van der Waals surface area contributed by atoms with Crippen molar-refractivity contribution in [2.24, 2.45) is 0 Å². The van der Waals surface area contributed by atoms with Crippen molar-refractivity contribution in [3.05, 3.63) is 34.4 Å². The Morgan fingerprint density at radius 2 is 1.90 bits per heavy atom. The van der Waals surface area contributed by atoms with Crippen LogP contribution in [0.2, 0.25) is 0 Å². The highest BCUT2D eigenvalue weighted by atomic mass is 16.7. The highest BCUT2D eigenvalue weighted by molar-refractivity contribution is 5.36. The summed E-state index contributed by atoms with van der Waals surface area (Å²) in [5, 5.41) is 48.3. The number of nitro groups is 1. The van der Waals surface area contributed by atoms with Crippen LogP contribution in [-0.2, 0) is 4.74 Å². The Morgan fingerprint density at radius 3 is 2.43 bits per heavy atom. The van der Waals surface area contributed by atoms with Crippen molar-refractivity contribution in [2.45, 2.75) is 30.7 Å². The fourth-order valence-electron chi connectivity index (χ4n) is 1.97. The quantitative estimate of drug-likeness (QED) is 0.391. The number of hydrogen-bond donors (Lipinski definition) is 4. The van der Waals surface area contributed by atoms with Crippen molar-refractivity contribution in [1.29, 1.82) is 0 Å². The number of hydrogen-bond acceptors (Lipinski definition) is 8. The molecule has 0 aromatic heterocycles. The number of nitrogens with zero attached hydrogens (tertiary/aromatic N) is 1. The first-order valence-corrected chi connectivity index (χ1v) is 6.15. The van der Waals surface area contributed by atoms with E-state index in [1.807, 2.05) is 0 Å². The molecule has 0 bridgehead atoms. The number of aliphatic hydroxyl groups excluding tert-OH is 4. The second-order valence-electron chi connectivity index (χ2n) is 4.57. The lowest BCUT2D eigenvalue weighted by atomic mass is 10.1. The lowest BCUT2D eigenvalue weighted by Crippen LogP contribution is -2.40. The molecule has 0 amide bonds. The first-order valence-electron chi connectivity index (χ1n) is 6.15. The van der Waals surface area contributed by atoms with Crippen molar-refractivity contribution < 1.29 is 34.8 Å². The molecule has 1 saturated heterocycles. The third-order valence-electron chi connectivity index (χ3n) is 3.12. The zero-order valence-electron chi connectivity index (χ0n) is 10.8. The van der Waals surface area contributed by atoms with Gasteiger partial charge in [0.05, 0.1) is 11.5 Å². The maximum absolute atomic E-state index is 10.5. The van der Waals surface area contributed by atoms with Crippen molar-refractivity contribution in [3.8, 4) is 5.75 Å². The highest BCUT2D eigenvalue weighted by Crippen LogP contribution is 2.27. The average molecular weight is 301 g/mol. The smallest absolute Gasteiger partial charge is 0.269 e. The Hall–Kier alpha value is -1.78. The summed E-state index contributed by atoms with van der Waals surface area (Å²) in [7, 11) is 0. The zero-order valence-corrected chi connectivity index (χ0v) is 10.8. The minimum atomic E-state index is -1.42. The van der Waals surface area contributed by atoms with E-state index in [1.165, 1.54) is 24.3 Å². The first kappa shape index (κ1) is 15.6. The van der Waals surface area contributed by atoms with Gasteiger partial charge >= 0.3 is 0 Å². The lowest BCUT2D eigenvalue weighted by Gasteiger charge is -2.18. The lowest BCUT2D eigenvalue weighted by molar-refractivity contribution is -0.384. The summed E-state index contributed by atoms with van der Waals surface area (Å²) in [6.45, 7) is -0.640. The van der Waals surface area contributed by atoms with Gasteiger partial charge in [0.2, 0.25) is 6.29 Å². The minimum absolute atomic E-state index is 0.121. The van der Waals surface area contributed by atoms with Gasteiger partial charge in [-0.15, -0.1) is 0 Å². The normalized spacial score (nSPS) is 30.1. The van der Waals surface area contributed by atoms with E-state index < -0.39 is 42.2 Å². The molecule has 0 radical (unpaired) electrons. The molecule has 2 rings (SSSR count). The van der Waals surface area contributed by atoms with E-state index in [1.54, 1.807) is 0 Å². The number of non-ortho nitro benzene ring substituents is 1. The Balaban J connectivity index is 2.04. The van der Waals surface area contributed by atoms with Crippen LogP contribution in [0.1, 0.15) is 0 Å². The van der Waals surface area contributed by atoms with E-state index in [2.05, 4.69) is 0 Å². The average Bonchev–Trinajstić information content (AvgIpc) is 2.75. The van der Waals surface area contributed by atoms with Crippen LogP contribution in [0.3, 0.4) is 0 Å². The SMILES string of the molecule is O=[N+]([O-])c1ccc(O[C@H]2O[C@@H]([C@H](O)CO)[C@H](O)[C@H]2O)cc1. The van der Waals surface area contributed by atoms with E-state index in [9.17, 15) is 25.4 Å². The monoisotopic (exact) mass is 301 g/mol. The molecule has 9 nitrogen and oxygen atoms in total. The molecule has 0 saturated carbocycles. The molecule has 5 atom stereocenters. The third kappa shape index (κ3) is 3.28. The Kier molecular flexibility index (Phi) is 4.70. The fraction of sp³-hybridized carbons (Fsp3) is 0.500. The highest BCUT2D eigenvalue weighted by Gasteiger charge is 2.47. The molecule has 1 aromatic carbocycles. The predicted molar refractivity (Wildman–Crippen MR) is 67.5 cm³/mol. The number of aliphatic hydroxyl groups is 4. The molecular weight excluding hydrogens is 286 g/mol. The van der Waals surface area contributed by atoms with Gasteiger partial charge in [-0.25, -0.2) is 0 Å². The topological polar surface area (TPSA) is 143 Å². The van der Waals surface area contributed by atoms with E-state index in [-0.39, 0.29) is 11.4 Å². The van der Waals surface area contributed by atoms with Crippen LogP contribution < -0.4 is 4.74 Å². The van der Waals surface area contributed by atoms with Crippen LogP contribution in [0.25, 0.3) is 0 Å². The van der Waals surface area contributed by atoms with Crippen molar-refractivity contribution in [1.82, 2.24) is 0 Å². The van der Waals surface area contributed by atoms with Gasteiger partial charge in [0.15, 0.2) is 0 Å². The molecule has 21 heavy (non-hydrogen) atoms. The predicted octanol–water partition coefficient (Wildman–Crippen LogP) is -1.23. The molecule has 0 spiro atoms. The summed E-state index contributed by atoms with van der Waals surface area (Å²) < 4.78 is 10.4. The van der Waals surface area contributed by atoms with Crippen molar-refractivity contribution >= 4 is 5.69 Å². The van der Waals surface area contributed by atoms with Crippen LogP contribution in [0.4, 0.5) is 5.69 Å². The molecule has 1 aromatic rings. The number of nitro benzene ring substituents is 1. The molecule has 1 aliphatic heterocycles. The van der Waals surface area contributed by atoms with Gasteiger partial charge in [-0.1, -0.05) is 0 Å².